The van der Waals surface area contributed by atoms with Gasteiger partial charge in [0.15, 0.2) is 0 Å². The average Bonchev–Trinajstić information content (AvgIpc) is 3.27. The molecule has 1 fully saturated rings. The molecular formula is C20H22N6OSe. The van der Waals surface area contributed by atoms with E-state index in [2.05, 4.69) is 55.8 Å². The number of nitrogens with two attached hydrogens (primary N) is 1. The number of nitrogens with one attached hydrogen (secondary N) is 2. The van der Waals surface area contributed by atoms with E-state index < -0.39 is 0 Å². The standard InChI is InChI=1S/C20H22N6OSe/c1-11-10-25(2)6-7-26(11)12-3-4-13-15(9-12)23-19(22-13)16-17(21)18-14(5-8-28-18)24-20(16)27/h3-5,8-9,11H,6-7,10H2,1-2H3,(H,22,23)(H3,21,24,27). The summed E-state index contributed by atoms with van der Waals surface area (Å²) in [6, 6.07) is 8.62. The van der Waals surface area contributed by atoms with Crippen molar-refractivity contribution < 1.29 is 0 Å². The van der Waals surface area contributed by atoms with E-state index in [1.807, 2.05) is 12.1 Å². The summed E-state index contributed by atoms with van der Waals surface area (Å²) in [6.07, 6.45) is 0. The summed E-state index contributed by atoms with van der Waals surface area (Å²) < 4.78 is 1.02. The number of hydrogen-bond acceptors (Lipinski definition) is 5. The van der Waals surface area contributed by atoms with Gasteiger partial charge in [-0.05, 0) is 7.05 Å². The summed E-state index contributed by atoms with van der Waals surface area (Å²) in [5.41, 5.74) is 10.9. The predicted molar refractivity (Wildman–Crippen MR) is 115 cm³/mol. The van der Waals surface area contributed by atoms with Gasteiger partial charge in [0.05, 0.1) is 0 Å². The molecule has 4 heterocycles. The number of pyridine rings is 1. The van der Waals surface area contributed by atoms with E-state index in [9.17, 15) is 4.79 Å². The molecule has 144 valence electrons. The average molecular weight is 441 g/mol. The zero-order valence-electron chi connectivity index (χ0n) is 15.8. The molecule has 1 atom stereocenters. The van der Waals surface area contributed by atoms with E-state index in [4.69, 9.17) is 5.73 Å². The summed E-state index contributed by atoms with van der Waals surface area (Å²) in [4.78, 5) is 30.4. The van der Waals surface area contributed by atoms with Crippen molar-refractivity contribution in [2.24, 2.45) is 0 Å². The molecule has 7 nitrogen and oxygen atoms in total. The zero-order valence-corrected chi connectivity index (χ0v) is 17.5. The van der Waals surface area contributed by atoms with Gasteiger partial charge in [-0.25, -0.2) is 0 Å². The minimum atomic E-state index is -0.203. The zero-order chi connectivity index (χ0) is 19.4. The molecular weight excluding hydrogens is 419 g/mol. The Bertz CT molecular complexity index is 1240. The van der Waals surface area contributed by atoms with Gasteiger partial charge in [0.1, 0.15) is 0 Å². The molecule has 0 amide bonds. The number of fused-ring (bicyclic) bond motifs is 2. The molecule has 0 bridgehead atoms. The summed E-state index contributed by atoms with van der Waals surface area (Å²) in [5, 5.41) is 0. The van der Waals surface area contributed by atoms with E-state index in [-0.39, 0.29) is 20.1 Å². The Hall–Kier alpha value is -2.54. The van der Waals surface area contributed by atoms with Gasteiger partial charge in [-0.3, -0.25) is 0 Å². The molecule has 28 heavy (non-hydrogen) atoms. The molecule has 3 aromatic heterocycles. The van der Waals surface area contributed by atoms with Crippen LogP contribution in [0.5, 0.6) is 0 Å². The van der Waals surface area contributed by atoms with Gasteiger partial charge in [0.2, 0.25) is 0 Å². The molecule has 1 aliphatic rings. The van der Waals surface area contributed by atoms with Crippen LogP contribution in [0.25, 0.3) is 32.2 Å². The number of imidazole rings is 1. The first kappa shape index (κ1) is 17.6. The van der Waals surface area contributed by atoms with Crippen LogP contribution in [-0.2, 0) is 0 Å². The van der Waals surface area contributed by atoms with Crippen molar-refractivity contribution in [3.63, 3.8) is 0 Å². The van der Waals surface area contributed by atoms with E-state index in [0.717, 1.165) is 40.4 Å². The van der Waals surface area contributed by atoms with E-state index in [0.29, 0.717) is 23.1 Å². The molecule has 5 rings (SSSR count). The van der Waals surface area contributed by atoms with Crippen molar-refractivity contribution in [2.75, 3.05) is 37.3 Å². The fourth-order valence-corrected chi connectivity index (χ4v) is 5.80. The Morgan fingerprint density at radius 1 is 1.21 bits per heavy atom. The van der Waals surface area contributed by atoms with Crippen LogP contribution in [0.3, 0.4) is 0 Å². The summed E-state index contributed by atoms with van der Waals surface area (Å²) in [7, 11) is 2.16. The Morgan fingerprint density at radius 2 is 2.07 bits per heavy atom. The van der Waals surface area contributed by atoms with Crippen molar-refractivity contribution >= 4 is 46.7 Å². The second-order valence-corrected chi connectivity index (χ2v) is 9.42. The summed E-state index contributed by atoms with van der Waals surface area (Å²) >= 11 is 0.148. The number of likely N-dealkylation sites (N-methyl/N-ethyl adjacent to an activating group) is 1. The Kier molecular flexibility index (Phi) is 4.08. The van der Waals surface area contributed by atoms with E-state index >= 15 is 0 Å². The second kappa shape index (κ2) is 6.51. The number of aromatic nitrogens is 3. The SMILES string of the molecule is CC1CN(C)CCN1c1ccc2nc(-c3c(N)c4[se]ccc4[nH]c3=O)[nH]c2c1. The molecule has 0 aliphatic carbocycles. The maximum absolute atomic E-state index is 12.6. The number of rotatable bonds is 2. The number of aromatic amines is 2. The van der Waals surface area contributed by atoms with Crippen molar-refractivity contribution in [1.29, 1.82) is 0 Å². The molecule has 0 saturated carbocycles. The van der Waals surface area contributed by atoms with Crippen molar-refractivity contribution in [1.82, 2.24) is 19.9 Å². The molecule has 0 radical (unpaired) electrons. The summed E-state index contributed by atoms with van der Waals surface area (Å²) in [5.74, 6) is 0.530. The number of nitrogen functional groups attached to an aromatic ring is 1. The topological polar surface area (TPSA) is 94.0 Å². The van der Waals surface area contributed by atoms with Gasteiger partial charge in [0.25, 0.3) is 0 Å². The van der Waals surface area contributed by atoms with E-state index in [1.54, 1.807) is 0 Å². The summed E-state index contributed by atoms with van der Waals surface area (Å²) in [6.45, 7) is 5.34. The molecule has 4 aromatic rings. The number of piperazine rings is 1. The molecule has 1 aliphatic heterocycles. The van der Waals surface area contributed by atoms with Crippen LogP contribution in [0, 0.1) is 0 Å². The number of hydrogen-bond donors (Lipinski definition) is 3. The van der Waals surface area contributed by atoms with Gasteiger partial charge in [-0.1, -0.05) is 0 Å². The van der Waals surface area contributed by atoms with Crippen LogP contribution in [0.4, 0.5) is 11.4 Å². The van der Waals surface area contributed by atoms with Crippen LogP contribution < -0.4 is 16.2 Å². The Morgan fingerprint density at radius 3 is 2.89 bits per heavy atom. The van der Waals surface area contributed by atoms with Crippen LogP contribution in [-0.4, -0.2) is 67.1 Å². The Balaban J connectivity index is 1.59. The predicted octanol–water partition coefficient (Wildman–Crippen LogP) is 1.85. The quantitative estimate of drug-likeness (QED) is 0.413. The number of H-pyrrole nitrogens is 2. The fourth-order valence-electron chi connectivity index (χ4n) is 4.09. The molecule has 4 N–H and O–H groups in total. The third-order valence-electron chi connectivity index (χ3n) is 5.52. The Labute approximate surface area is 167 Å². The molecule has 1 unspecified atom stereocenters. The third kappa shape index (κ3) is 2.76. The van der Waals surface area contributed by atoms with Crippen molar-refractivity contribution in [3.05, 3.63) is 39.6 Å². The fraction of sp³-hybridized carbons (Fsp3) is 0.300. The number of anilines is 2. The third-order valence-corrected chi connectivity index (χ3v) is 7.51. The van der Waals surface area contributed by atoms with Gasteiger partial charge in [0, 0.05) is 0 Å². The van der Waals surface area contributed by atoms with E-state index in [1.165, 1.54) is 5.69 Å². The molecule has 1 saturated heterocycles. The first-order valence-electron chi connectivity index (χ1n) is 9.35. The van der Waals surface area contributed by atoms with Gasteiger partial charge in [-0.15, -0.1) is 0 Å². The molecule has 0 spiro atoms. The van der Waals surface area contributed by atoms with Crippen LogP contribution in [0.15, 0.2) is 34.0 Å². The van der Waals surface area contributed by atoms with Gasteiger partial charge < -0.3 is 0 Å². The van der Waals surface area contributed by atoms with Crippen molar-refractivity contribution in [3.8, 4) is 11.4 Å². The van der Waals surface area contributed by atoms with Gasteiger partial charge >= 0.3 is 161 Å². The number of nitrogens with zero attached hydrogens (tertiary/aromatic N) is 3. The minimum absolute atomic E-state index is 0.148. The molecule has 8 heteroatoms. The van der Waals surface area contributed by atoms with Crippen LogP contribution in [0.2, 0.25) is 0 Å². The first-order chi connectivity index (χ1) is 13.5. The molecule has 1 aromatic carbocycles. The normalized spacial score (nSPS) is 18.4. The second-order valence-electron chi connectivity index (χ2n) is 7.50. The first-order valence-corrected chi connectivity index (χ1v) is 11.2. The monoisotopic (exact) mass is 442 g/mol. The van der Waals surface area contributed by atoms with Crippen LogP contribution in [0.1, 0.15) is 6.92 Å². The van der Waals surface area contributed by atoms with Crippen molar-refractivity contribution in [2.45, 2.75) is 13.0 Å². The van der Waals surface area contributed by atoms with Crippen LogP contribution >= 0.6 is 0 Å². The van der Waals surface area contributed by atoms with Gasteiger partial charge in [-0.2, -0.15) is 0 Å². The number of benzene rings is 1. The maximum atomic E-state index is 12.6.